The first-order valence-electron chi connectivity index (χ1n) is 4.20. The average Bonchev–Trinajstić information content (AvgIpc) is 2.12. The molecule has 1 atom stereocenters. The highest BCUT2D eigenvalue weighted by Gasteiger charge is 2.25. The van der Waals surface area contributed by atoms with Gasteiger partial charge in [0.15, 0.2) is 0 Å². The summed E-state index contributed by atoms with van der Waals surface area (Å²) in [5.74, 6) is 0. The van der Waals surface area contributed by atoms with Crippen molar-refractivity contribution in [2.75, 3.05) is 13.6 Å². The third kappa shape index (κ3) is 3.94. The smallest absolute Gasteiger partial charge is 0.314 e. The number of carbonyl (C=O) groups excluding carboxylic acids is 1. The second kappa shape index (κ2) is 4.87. The molecular weight excluding hydrogens is 168 g/mol. The Hall–Kier alpha value is -1.03. The van der Waals surface area contributed by atoms with Crippen LogP contribution in [0.25, 0.3) is 0 Å². The first-order valence-corrected chi connectivity index (χ1v) is 4.20. The van der Waals surface area contributed by atoms with Gasteiger partial charge in [-0.3, -0.25) is 0 Å². The van der Waals surface area contributed by atoms with Crippen molar-refractivity contribution in [3.05, 3.63) is 12.7 Å². The van der Waals surface area contributed by atoms with Gasteiger partial charge in [-0.1, -0.05) is 19.9 Å². The summed E-state index contributed by atoms with van der Waals surface area (Å²) in [5.41, 5.74) is -0.395. The number of amides is 2. The molecule has 0 radical (unpaired) electrons. The van der Waals surface area contributed by atoms with Crippen molar-refractivity contribution in [1.29, 1.82) is 0 Å². The summed E-state index contributed by atoms with van der Waals surface area (Å²) in [5, 5.41) is 14.5. The summed E-state index contributed by atoms with van der Waals surface area (Å²) in [4.78, 5) is 10.8. The Kier molecular flexibility index (Phi) is 4.48. The highest BCUT2D eigenvalue weighted by Crippen LogP contribution is 2.19. The maximum atomic E-state index is 10.8. The van der Waals surface area contributed by atoms with Gasteiger partial charge in [-0.05, 0) is 0 Å². The zero-order valence-electron chi connectivity index (χ0n) is 8.42. The lowest BCUT2D eigenvalue weighted by Crippen LogP contribution is -2.43. The Bertz CT molecular complexity index is 190. The van der Waals surface area contributed by atoms with Gasteiger partial charge in [-0.15, -0.1) is 6.58 Å². The van der Waals surface area contributed by atoms with E-state index in [4.69, 9.17) is 0 Å². The molecule has 0 aliphatic carbocycles. The number of nitrogens with one attached hydrogen (secondary N) is 2. The Morgan fingerprint density at radius 3 is 2.62 bits per heavy atom. The highest BCUT2D eigenvalue weighted by molar-refractivity contribution is 5.73. The van der Waals surface area contributed by atoms with E-state index in [-0.39, 0.29) is 6.03 Å². The topological polar surface area (TPSA) is 61.4 Å². The summed E-state index contributed by atoms with van der Waals surface area (Å²) in [7, 11) is 1.55. The number of rotatable bonds is 4. The normalized spacial score (nSPS) is 13.2. The molecule has 76 valence electrons. The molecule has 0 aromatic carbocycles. The van der Waals surface area contributed by atoms with Crippen molar-refractivity contribution < 1.29 is 9.90 Å². The lowest BCUT2D eigenvalue weighted by molar-refractivity contribution is 0.0919. The quantitative estimate of drug-likeness (QED) is 0.559. The van der Waals surface area contributed by atoms with Crippen LogP contribution < -0.4 is 10.6 Å². The largest absolute Gasteiger partial charge is 0.388 e. The fourth-order valence-electron chi connectivity index (χ4n) is 0.820. The van der Waals surface area contributed by atoms with Gasteiger partial charge < -0.3 is 15.7 Å². The van der Waals surface area contributed by atoms with E-state index in [9.17, 15) is 9.90 Å². The number of aliphatic hydroxyl groups excluding tert-OH is 1. The molecule has 1 unspecified atom stereocenters. The molecule has 0 aliphatic heterocycles. The fraction of sp³-hybridized carbons (Fsp3) is 0.667. The van der Waals surface area contributed by atoms with E-state index in [1.54, 1.807) is 7.05 Å². The molecule has 0 spiro atoms. The van der Waals surface area contributed by atoms with Gasteiger partial charge in [0.1, 0.15) is 0 Å². The van der Waals surface area contributed by atoms with E-state index >= 15 is 0 Å². The van der Waals surface area contributed by atoms with Crippen LogP contribution in [0.5, 0.6) is 0 Å². The second-order valence-electron chi connectivity index (χ2n) is 3.60. The summed E-state index contributed by atoms with van der Waals surface area (Å²) in [6, 6.07) is -0.246. The number of aliphatic hydroxyl groups is 1. The molecule has 2 amide bonds. The molecule has 0 heterocycles. The summed E-state index contributed by atoms with van der Waals surface area (Å²) in [6.07, 6.45) is 0.843. The van der Waals surface area contributed by atoms with Gasteiger partial charge in [-0.25, -0.2) is 4.79 Å². The van der Waals surface area contributed by atoms with Crippen molar-refractivity contribution in [2.24, 2.45) is 5.41 Å². The third-order valence-electron chi connectivity index (χ3n) is 1.96. The standard InChI is InChI=1S/C9H18N2O2/c1-5-7(12)9(2,3)6-11-8(13)10-4/h5,7,12H,1,6H2,2-4H3,(H2,10,11,13). The van der Waals surface area contributed by atoms with Crippen molar-refractivity contribution in [3.8, 4) is 0 Å². The average molecular weight is 186 g/mol. The van der Waals surface area contributed by atoms with Crippen LogP contribution in [-0.4, -0.2) is 30.8 Å². The Morgan fingerprint density at radius 2 is 2.23 bits per heavy atom. The molecule has 0 aliphatic rings. The molecule has 4 nitrogen and oxygen atoms in total. The highest BCUT2D eigenvalue weighted by atomic mass is 16.3. The van der Waals surface area contributed by atoms with Crippen molar-refractivity contribution in [3.63, 3.8) is 0 Å². The van der Waals surface area contributed by atoms with Gasteiger partial charge in [0.05, 0.1) is 6.10 Å². The minimum atomic E-state index is -0.621. The first kappa shape index (κ1) is 12.0. The molecule has 0 bridgehead atoms. The Balaban J connectivity index is 4.02. The lowest BCUT2D eigenvalue weighted by Gasteiger charge is -2.28. The van der Waals surface area contributed by atoms with E-state index < -0.39 is 11.5 Å². The van der Waals surface area contributed by atoms with Gasteiger partial charge in [0.25, 0.3) is 0 Å². The first-order chi connectivity index (χ1) is 5.94. The molecule has 3 N–H and O–H groups in total. The van der Waals surface area contributed by atoms with Crippen molar-refractivity contribution in [1.82, 2.24) is 10.6 Å². The summed E-state index contributed by atoms with van der Waals surface area (Å²) < 4.78 is 0. The minimum absolute atomic E-state index is 0.246. The van der Waals surface area contributed by atoms with Crippen LogP contribution in [0.2, 0.25) is 0 Å². The van der Waals surface area contributed by atoms with Crippen LogP contribution in [0.1, 0.15) is 13.8 Å². The zero-order chi connectivity index (χ0) is 10.5. The van der Waals surface area contributed by atoms with Gasteiger partial charge in [-0.2, -0.15) is 0 Å². The number of urea groups is 1. The molecule has 0 aromatic heterocycles. The molecule has 0 fully saturated rings. The molecule has 0 aromatic rings. The second-order valence-corrected chi connectivity index (χ2v) is 3.60. The minimum Gasteiger partial charge on any atom is -0.388 e. The van der Waals surface area contributed by atoms with Gasteiger partial charge in [0.2, 0.25) is 0 Å². The molecule has 0 saturated heterocycles. The maximum absolute atomic E-state index is 10.8. The molecule has 0 saturated carbocycles. The maximum Gasteiger partial charge on any atom is 0.314 e. The van der Waals surface area contributed by atoms with E-state index in [0.717, 1.165) is 0 Å². The van der Waals surface area contributed by atoms with E-state index in [1.165, 1.54) is 6.08 Å². The fourth-order valence-corrected chi connectivity index (χ4v) is 0.820. The molecular formula is C9H18N2O2. The van der Waals surface area contributed by atoms with Crippen LogP contribution in [-0.2, 0) is 0 Å². The Morgan fingerprint density at radius 1 is 1.69 bits per heavy atom. The van der Waals surface area contributed by atoms with Crippen molar-refractivity contribution in [2.45, 2.75) is 20.0 Å². The molecule has 4 heteroatoms. The van der Waals surface area contributed by atoms with E-state index in [1.807, 2.05) is 13.8 Å². The van der Waals surface area contributed by atoms with Crippen LogP contribution in [0.3, 0.4) is 0 Å². The Labute approximate surface area is 79.0 Å². The van der Waals surface area contributed by atoms with Gasteiger partial charge in [0, 0.05) is 19.0 Å². The SMILES string of the molecule is C=CC(O)C(C)(C)CNC(=O)NC. The summed E-state index contributed by atoms with van der Waals surface area (Å²) >= 11 is 0. The number of hydrogen-bond donors (Lipinski definition) is 3. The van der Waals surface area contributed by atoms with E-state index in [2.05, 4.69) is 17.2 Å². The summed E-state index contributed by atoms with van der Waals surface area (Å²) in [6.45, 7) is 7.61. The number of carbonyl (C=O) groups is 1. The van der Waals surface area contributed by atoms with Crippen LogP contribution in [0, 0.1) is 5.41 Å². The van der Waals surface area contributed by atoms with Crippen molar-refractivity contribution >= 4 is 6.03 Å². The molecule has 13 heavy (non-hydrogen) atoms. The van der Waals surface area contributed by atoms with E-state index in [0.29, 0.717) is 6.54 Å². The predicted molar refractivity (Wildman–Crippen MR) is 52.4 cm³/mol. The van der Waals surface area contributed by atoms with Crippen LogP contribution >= 0.6 is 0 Å². The monoisotopic (exact) mass is 186 g/mol. The number of hydrogen-bond acceptors (Lipinski definition) is 2. The van der Waals surface area contributed by atoms with Crippen LogP contribution in [0.4, 0.5) is 4.79 Å². The molecule has 0 rings (SSSR count). The zero-order valence-corrected chi connectivity index (χ0v) is 8.42. The van der Waals surface area contributed by atoms with Crippen LogP contribution in [0.15, 0.2) is 12.7 Å². The third-order valence-corrected chi connectivity index (χ3v) is 1.96. The predicted octanol–water partition coefficient (Wildman–Crippen LogP) is 0.488. The van der Waals surface area contributed by atoms with Gasteiger partial charge >= 0.3 is 6.03 Å². The lowest BCUT2D eigenvalue weighted by atomic mass is 9.86.